The van der Waals surface area contributed by atoms with Crippen molar-refractivity contribution in [2.24, 2.45) is 7.05 Å². The zero-order chi connectivity index (χ0) is 21.9. The van der Waals surface area contributed by atoms with Gasteiger partial charge in [0.05, 0.1) is 29.8 Å². The van der Waals surface area contributed by atoms with Crippen LogP contribution in [0.5, 0.6) is 5.75 Å². The molecule has 0 saturated heterocycles. The van der Waals surface area contributed by atoms with E-state index in [1.165, 1.54) is 11.7 Å². The van der Waals surface area contributed by atoms with Crippen LogP contribution in [-0.4, -0.2) is 44.1 Å². The van der Waals surface area contributed by atoms with Crippen molar-refractivity contribution in [3.8, 4) is 5.75 Å². The molecule has 3 aromatic rings. The molecular weight excluding hydrogens is 401 g/mol. The van der Waals surface area contributed by atoms with Crippen LogP contribution in [-0.2, 0) is 13.7 Å². The first kappa shape index (κ1) is 21.6. The Balaban J connectivity index is 1.85. The van der Waals surface area contributed by atoms with E-state index in [0.717, 1.165) is 6.92 Å². The highest BCUT2D eigenvalue weighted by atomic mass is 19.4. The predicted molar refractivity (Wildman–Crippen MR) is 103 cm³/mol. The Morgan fingerprint density at radius 1 is 1.27 bits per heavy atom. The number of carbonyl (C=O) groups is 1. The summed E-state index contributed by atoms with van der Waals surface area (Å²) in [7, 11) is 1.52. The SMILES string of the molecule is Cn1nc2ccc(OCc3ccccn3)cc2c1C(=O)NC(C)(CO)CC(F)(F)F. The summed E-state index contributed by atoms with van der Waals surface area (Å²) >= 11 is 0. The zero-order valence-corrected chi connectivity index (χ0v) is 16.4. The van der Waals surface area contributed by atoms with Gasteiger partial charge in [0.1, 0.15) is 18.1 Å². The molecule has 1 atom stereocenters. The van der Waals surface area contributed by atoms with Crippen LogP contribution in [0.25, 0.3) is 10.9 Å². The number of fused-ring (bicyclic) bond motifs is 1. The van der Waals surface area contributed by atoms with Gasteiger partial charge in [-0.3, -0.25) is 14.5 Å². The quantitative estimate of drug-likeness (QED) is 0.611. The van der Waals surface area contributed by atoms with Gasteiger partial charge in [-0.05, 0) is 37.3 Å². The Morgan fingerprint density at radius 2 is 2.03 bits per heavy atom. The van der Waals surface area contributed by atoms with E-state index in [4.69, 9.17) is 4.74 Å². The van der Waals surface area contributed by atoms with Gasteiger partial charge in [-0.1, -0.05) is 6.07 Å². The molecule has 0 bridgehead atoms. The maximum Gasteiger partial charge on any atom is 0.391 e. The maximum atomic E-state index is 12.8. The van der Waals surface area contributed by atoms with Crippen LogP contribution in [0.1, 0.15) is 29.5 Å². The number of ether oxygens (including phenoxy) is 1. The number of hydrogen-bond donors (Lipinski definition) is 2. The number of benzene rings is 1. The first-order chi connectivity index (χ1) is 14.1. The lowest BCUT2D eigenvalue weighted by atomic mass is 9.98. The standard InChI is InChI=1S/C20H21F3N4O3/c1-19(12-28,11-20(21,22)23)25-18(29)17-15-9-14(6-7-16(15)26-27(17)2)30-10-13-5-3-4-8-24-13/h3-9,28H,10-12H2,1-2H3,(H,25,29). The Bertz CT molecular complexity index is 1040. The summed E-state index contributed by atoms with van der Waals surface area (Å²) in [5.74, 6) is -0.321. The van der Waals surface area contributed by atoms with Crippen molar-refractivity contribution in [3.05, 3.63) is 54.0 Å². The third-order valence-corrected chi connectivity index (χ3v) is 4.49. The second-order valence-electron chi connectivity index (χ2n) is 7.23. The molecule has 7 nitrogen and oxygen atoms in total. The third kappa shape index (κ3) is 5.07. The zero-order valence-electron chi connectivity index (χ0n) is 16.4. The summed E-state index contributed by atoms with van der Waals surface area (Å²) in [4.78, 5) is 17.0. The largest absolute Gasteiger partial charge is 0.487 e. The predicted octanol–water partition coefficient (Wildman–Crippen LogP) is 2.98. The van der Waals surface area contributed by atoms with Crippen molar-refractivity contribution in [1.29, 1.82) is 0 Å². The van der Waals surface area contributed by atoms with Crippen molar-refractivity contribution >= 4 is 16.8 Å². The number of rotatable bonds is 7. The Labute approximate surface area is 170 Å². The first-order valence-corrected chi connectivity index (χ1v) is 9.10. The number of carbonyl (C=O) groups excluding carboxylic acids is 1. The molecule has 0 aliphatic carbocycles. The van der Waals surface area contributed by atoms with Gasteiger partial charge in [0.25, 0.3) is 5.91 Å². The average molecular weight is 422 g/mol. The number of nitrogens with one attached hydrogen (secondary N) is 1. The van der Waals surface area contributed by atoms with Crippen LogP contribution in [0.4, 0.5) is 13.2 Å². The van der Waals surface area contributed by atoms with Gasteiger partial charge in [0.2, 0.25) is 0 Å². The topological polar surface area (TPSA) is 89.3 Å². The summed E-state index contributed by atoms with van der Waals surface area (Å²) in [6, 6.07) is 10.4. The highest BCUT2D eigenvalue weighted by Crippen LogP contribution is 2.29. The molecule has 30 heavy (non-hydrogen) atoms. The van der Waals surface area contributed by atoms with Gasteiger partial charge in [-0.15, -0.1) is 0 Å². The van der Waals surface area contributed by atoms with E-state index in [9.17, 15) is 23.1 Å². The van der Waals surface area contributed by atoms with Crippen LogP contribution < -0.4 is 10.1 Å². The molecule has 0 saturated carbocycles. The fourth-order valence-corrected chi connectivity index (χ4v) is 3.09. The normalized spacial score (nSPS) is 13.8. The van der Waals surface area contributed by atoms with Crippen molar-refractivity contribution in [1.82, 2.24) is 20.1 Å². The molecule has 1 aromatic carbocycles. The molecule has 160 valence electrons. The van der Waals surface area contributed by atoms with Gasteiger partial charge < -0.3 is 15.2 Å². The number of aromatic nitrogens is 3. The third-order valence-electron chi connectivity index (χ3n) is 4.49. The van der Waals surface area contributed by atoms with Gasteiger partial charge >= 0.3 is 6.18 Å². The second-order valence-corrected chi connectivity index (χ2v) is 7.23. The lowest BCUT2D eigenvalue weighted by Crippen LogP contribution is -2.51. The molecule has 2 N–H and O–H groups in total. The number of aliphatic hydroxyl groups is 1. The fraction of sp³-hybridized carbons (Fsp3) is 0.350. The molecule has 2 heterocycles. The molecule has 0 aliphatic heterocycles. The lowest BCUT2D eigenvalue weighted by Gasteiger charge is -2.29. The van der Waals surface area contributed by atoms with Crippen LogP contribution in [0.3, 0.4) is 0 Å². The van der Waals surface area contributed by atoms with Crippen LogP contribution in [0.15, 0.2) is 42.6 Å². The molecule has 1 amide bonds. The molecule has 3 rings (SSSR count). The number of halogens is 3. The number of hydrogen-bond acceptors (Lipinski definition) is 5. The van der Waals surface area contributed by atoms with E-state index in [1.54, 1.807) is 36.5 Å². The van der Waals surface area contributed by atoms with E-state index in [0.29, 0.717) is 22.3 Å². The van der Waals surface area contributed by atoms with E-state index in [-0.39, 0.29) is 12.3 Å². The van der Waals surface area contributed by atoms with E-state index >= 15 is 0 Å². The molecule has 1 unspecified atom stereocenters. The number of amides is 1. The van der Waals surface area contributed by atoms with Crippen molar-refractivity contribution in [2.45, 2.75) is 31.7 Å². The number of aryl methyl sites for hydroxylation is 1. The first-order valence-electron chi connectivity index (χ1n) is 9.10. The fourth-order valence-electron chi connectivity index (χ4n) is 3.09. The van der Waals surface area contributed by atoms with E-state index in [2.05, 4.69) is 15.4 Å². The van der Waals surface area contributed by atoms with Gasteiger partial charge in [-0.25, -0.2) is 0 Å². The molecule has 0 radical (unpaired) electrons. The molecule has 0 fully saturated rings. The van der Waals surface area contributed by atoms with E-state index in [1.807, 2.05) is 6.07 Å². The highest BCUT2D eigenvalue weighted by Gasteiger charge is 2.40. The summed E-state index contributed by atoms with van der Waals surface area (Å²) in [5.41, 5.74) is -0.601. The molecule has 0 aliphatic rings. The Hall–Kier alpha value is -3.14. The average Bonchev–Trinajstić information content (AvgIpc) is 3.00. The lowest BCUT2D eigenvalue weighted by molar-refractivity contribution is -0.151. The van der Waals surface area contributed by atoms with E-state index < -0.39 is 30.7 Å². The van der Waals surface area contributed by atoms with Crippen molar-refractivity contribution < 1.29 is 27.8 Å². The Kier molecular flexibility index (Phi) is 5.97. The monoisotopic (exact) mass is 422 g/mol. The molecular formula is C20H21F3N4O3. The van der Waals surface area contributed by atoms with Crippen LogP contribution in [0, 0.1) is 0 Å². The number of pyridine rings is 1. The molecule has 0 spiro atoms. The minimum absolute atomic E-state index is 0.0649. The van der Waals surface area contributed by atoms with Crippen LogP contribution in [0.2, 0.25) is 0 Å². The summed E-state index contributed by atoms with van der Waals surface area (Å²) in [6.07, 6.45) is -4.27. The van der Waals surface area contributed by atoms with Crippen molar-refractivity contribution in [3.63, 3.8) is 0 Å². The summed E-state index contributed by atoms with van der Waals surface area (Å²) < 4.78 is 45.5. The molecule has 10 heteroatoms. The van der Waals surface area contributed by atoms with Crippen LogP contribution >= 0.6 is 0 Å². The number of nitrogens with zero attached hydrogens (tertiary/aromatic N) is 3. The minimum atomic E-state index is -4.55. The van der Waals surface area contributed by atoms with Crippen molar-refractivity contribution in [2.75, 3.05) is 6.61 Å². The van der Waals surface area contributed by atoms with Gasteiger partial charge in [0, 0.05) is 18.6 Å². The highest BCUT2D eigenvalue weighted by molar-refractivity contribution is 6.05. The smallest absolute Gasteiger partial charge is 0.391 e. The summed E-state index contributed by atoms with van der Waals surface area (Å²) in [5, 5.41) is 16.4. The maximum absolute atomic E-state index is 12.8. The minimum Gasteiger partial charge on any atom is -0.487 e. The number of alkyl halides is 3. The van der Waals surface area contributed by atoms with Gasteiger partial charge in [0.15, 0.2) is 0 Å². The number of aliphatic hydroxyl groups excluding tert-OH is 1. The second kappa shape index (κ2) is 8.31. The summed E-state index contributed by atoms with van der Waals surface area (Å²) in [6.45, 7) is 0.479. The Morgan fingerprint density at radius 3 is 2.67 bits per heavy atom. The van der Waals surface area contributed by atoms with Gasteiger partial charge in [-0.2, -0.15) is 18.3 Å². The molecule has 2 aromatic heterocycles.